The van der Waals surface area contributed by atoms with Crippen molar-refractivity contribution < 1.29 is 9.50 Å². The monoisotopic (exact) mass is 197 g/mol. The highest BCUT2D eigenvalue weighted by atomic mass is 19.1. The molecule has 3 N–H and O–H groups in total. The van der Waals surface area contributed by atoms with Crippen molar-refractivity contribution in [3.05, 3.63) is 29.8 Å². The van der Waals surface area contributed by atoms with Crippen molar-refractivity contribution in [2.45, 2.75) is 32.0 Å². The van der Waals surface area contributed by atoms with Crippen molar-refractivity contribution in [3.63, 3.8) is 0 Å². The molecule has 2 nitrogen and oxygen atoms in total. The zero-order valence-electron chi connectivity index (χ0n) is 8.50. The molecule has 0 bridgehead atoms. The Morgan fingerprint density at radius 3 is 2.36 bits per heavy atom. The number of nitrogens with two attached hydrogens (primary N) is 1. The van der Waals surface area contributed by atoms with E-state index in [-0.39, 0.29) is 5.75 Å². The summed E-state index contributed by atoms with van der Waals surface area (Å²) in [7, 11) is 0. The standard InChI is InChI=1S/C11H16FNO/c1-8(12)11(2,13)7-9-3-5-10(14)6-4-9/h3-6,8,14H,7,13H2,1-2H3. The van der Waals surface area contributed by atoms with Gasteiger partial charge >= 0.3 is 0 Å². The second-order valence-electron chi connectivity index (χ2n) is 3.97. The topological polar surface area (TPSA) is 46.2 Å². The summed E-state index contributed by atoms with van der Waals surface area (Å²) in [5.41, 5.74) is 5.87. The molecule has 2 atom stereocenters. The molecule has 0 amide bonds. The summed E-state index contributed by atoms with van der Waals surface area (Å²) >= 11 is 0. The molecule has 0 aliphatic rings. The number of hydrogen-bond donors (Lipinski definition) is 2. The fraction of sp³-hybridized carbons (Fsp3) is 0.455. The molecule has 0 aromatic heterocycles. The van der Waals surface area contributed by atoms with E-state index in [4.69, 9.17) is 10.8 Å². The molecule has 0 aliphatic carbocycles. The molecular formula is C11H16FNO. The van der Waals surface area contributed by atoms with Gasteiger partial charge in [-0.1, -0.05) is 12.1 Å². The largest absolute Gasteiger partial charge is 0.508 e. The second-order valence-corrected chi connectivity index (χ2v) is 3.97. The van der Waals surface area contributed by atoms with Gasteiger partial charge in [-0.3, -0.25) is 0 Å². The molecule has 0 saturated heterocycles. The van der Waals surface area contributed by atoms with Crippen molar-refractivity contribution in [1.29, 1.82) is 0 Å². The lowest BCUT2D eigenvalue weighted by atomic mass is 9.90. The maximum Gasteiger partial charge on any atom is 0.115 e. The second kappa shape index (κ2) is 3.96. The van der Waals surface area contributed by atoms with Gasteiger partial charge in [0.15, 0.2) is 0 Å². The third-order valence-electron chi connectivity index (χ3n) is 2.43. The van der Waals surface area contributed by atoms with Crippen LogP contribution in [0.2, 0.25) is 0 Å². The average molecular weight is 197 g/mol. The number of benzene rings is 1. The van der Waals surface area contributed by atoms with E-state index in [1.54, 1.807) is 31.2 Å². The Morgan fingerprint density at radius 1 is 1.43 bits per heavy atom. The SMILES string of the molecule is CC(F)C(C)(N)Cc1ccc(O)cc1. The van der Waals surface area contributed by atoms with E-state index in [9.17, 15) is 4.39 Å². The predicted octanol–water partition coefficient (Wildman–Crippen LogP) is 2.01. The van der Waals surface area contributed by atoms with Gasteiger partial charge in [0.2, 0.25) is 0 Å². The van der Waals surface area contributed by atoms with E-state index in [0.29, 0.717) is 6.42 Å². The Labute approximate surface area is 83.6 Å². The maximum absolute atomic E-state index is 13.1. The van der Waals surface area contributed by atoms with Crippen molar-refractivity contribution in [3.8, 4) is 5.75 Å². The molecule has 0 aliphatic heterocycles. The van der Waals surface area contributed by atoms with Gasteiger partial charge in [-0.2, -0.15) is 0 Å². The molecule has 0 radical (unpaired) electrons. The van der Waals surface area contributed by atoms with Gasteiger partial charge in [-0.05, 0) is 38.0 Å². The van der Waals surface area contributed by atoms with Crippen molar-refractivity contribution in [2.75, 3.05) is 0 Å². The van der Waals surface area contributed by atoms with E-state index in [1.807, 2.05) is 0 Å². The first-order chi connectivity index (χ1) is 6.42. The van der Waals surface area contributed by atoms with Crippen molar-refractivity contribution in [1.82, 2.24) is 0 Å². The lowest BCUT2D eigenvalue weighted by Gasteiger charge is -2.26. The smallest absolute Gasteiger partial charge is 0.115 e. The molecule has 1 aromatic rings. The van der Waals surface area contributed by atoms with Crippen LogP contribution in [0.3, 0.4) is 0 Å². The lowest BCUT2D eigenvalue weighted by Crippen LogP contribution is -2.46. The van der Waals surface area contributed by atoms with Gasteiger partial charge in [-0.15, -0.1) is 0 Å². The van der Waals surface area contributed by atoms with Crippen LogP contribution in [0.15, 0.2) is 24.3 Å². The molecule has 0 saturated carbocycles. The number of aromatic hydroxyl groups is 1. The van der Waals surface area contributed by atoms with E-state index in [2.05, 4.69) is 0 Å². The maximum atomic E-state index is 13.1. The fourth-order valence-corrected chi connectivity index (χ4v) is 1.19. The highest BCUT2D eigenvalue weighted by molar-refractivity contribution is 5.27. The Morgan fingerprint density at radius 2 is 1.93 bits per heavy atom. The van der Waals surface area contributed by atoms with Crippen LogP contribution in [-0.2, 0) is 6.42 Å². The summed E-state index contributed by atoms with van der Waals surface area (Å²) in [6, 6.07) is 6.66. The number of rotatable bonds is 3. The van der Waals surface area contributed by atoms with Crippen LogP contribution in [0.4, 0.5) is 4.39 Å². The number of phenolic OH excluding ortho intramolecular Hbond substituents is 1. The molecule has 14 heavy (non-hydrogen) atoms. The Bertz CT molecular complexity index is 293. The number of halogens is 1. The normalized spacial score (nSPS) is 17.4. The Balaban J connectivity index is 2.74. The van der Waals surface area contributed by atoms with Gasteiger partial charge in [0.25, 0.3) is 0 Å². The molecule has 0 heterocycles. The third kappa shape index (κ3) is 2.70. The van der Waals surface area contributed by atoms with Crippen LogP contribution in [0.25, 0.3) is 0 Å². The summed E-state index contributed by atoms with van der Waals surface area (Å²) in [5, 5.41) is 9.06. The molecule has 78 valence electrons. The first kappa shape index (κ1) is 11.0. The van der Waals surface area contributed by atoms with Crippen LogP contribution in [-0.4, -0.2) is 16.8 Å². The molecule has 0 spiro atoms. The Hall–Kier alpha value is -1.09. The van der Waals surface area contributed by atoms with Crippen molar-refractivity contribution >= 4 is 0 Å². The highest BCUT2D eigenvalue weighted by Gasteiger charge is 2.26. The van der Waals surface area contributed by atoms with E-state index < -0.39 is 11.7 Å². The van der Waals surface area contributed by atoms with Gasteiger partial charge in [0.05, 0.1) is 0 Å². The quantitative estimate of drug-likeness (QED) is 0.778. The average Bonchev–Trinajstić information content (AvgIpc) is 2.08. The minimum absolute atomic E-state index is 0.209. The third-order valence-corrected chi connectivity index (χ3v) is 2.43. The summed E-state index contributed by atoms with van der Waals surface area (Å²) < 4.78 is 13.1. The zero-order valence-corrected chi connectivity index (χ0v) is 8.50. The molecule has 0 fully saturated rings. The van der Waals surface area contributed by atoms with Gasteiger partial charge in [0, 0.05) is 5.54 Å². The van der Waals surface area contributed by atoms with Crippen molar-refractivity contribution in [2.24, 2.45) is 5.73 Å². The highest BCUT2D eigenvalue weighted by Crippen LogP contribution is 2.18. The first-order valence-electron chi connectivity index (χ1n) is 4.62. The predicted molar refractivity (Wildman–Crippen MR) is 55.0 cm³/mol. The number of hydrogen-bond acceptors (Lipinski definition) is 2. The minimum atomic E-state index is -1.06. The van der Waals surface area contributed by atoms with E-state index >= 15 is 0 Å². The van der Waals surface area contributed by atoms with Crippen LogP contribution in [0, 0.1) is 0 Å². The van der Waals surface area contributed by atoms with E-state index in [1.165, 1.54) is 6.92 Å². The lowest BCUT2D eigenvalue weighted by molar-refractivity contribution is 0.222. The molecule has 3 heteroatoms. The van der Waals surface area contributed by atoms with Crippen LogP contribution in [0.1, 0.15) is 19.4 Å². The zero-order chi connectivity index (χ0) is 10.8. The first-order valence-corrected chi connectivity index (χ1v) is 4.62. The fourth-order valence-electron chi connectivity index (χ4n) is 1.19. The number of alkyl halides is 1. The molecular weight excluding hydrogens is 181 g/mol. The molecule has 2 unspecified atom stereocenters. The Kier molecular flexibility index (Phi) is 3.11. The van der Waals surface area contributed by atoms with Gasteiger partial charge in [-0.25, -0.2) is 4.39 Å². The summed E-state index contributed by atoms with van der Waals surface area (Å²) in [6.45, 7) is 3.14. The summed E-state index contributed by atoms with van der Waals surface area (Å²) in [6.07, 6.45) is -0.596. The van der Waals surface area contributed by atoms with Crippen LogP contribution in [0.5, 0.6) is 5.75 Å². The van der Waals surface area contributed by atoms with E-state index in [0.717, 1.165) is 5.56 Å². The van der Waals surface area contributed by atoms with Crippen LogP contribution >= 0.6 is 0 Å². The summed E-state index contributed by atoms with van der Waals surface area (Å²) in [4.78, 5) is 0. The number of phenols is 1. The summed E-state index contributed by atoms with van der Waals surface area (Å²) in [5.74, 6) is 0.209. The van der Waals surface area contributed by atoms with Gasteiger partial charge < -0.3 is 10.8 Å². The molecule has 1 rings (SSSR count). The van der Waals surface area contributed by atoms with Gasteiger partial charge in [0.1, 0.15) is 11.9 Å². The molecule has 1 aromatic carbocycles. The van der Waals surface area contributed by atoms with Crippen LogP contribution < -0.4 is 5.73 Å². The minimum Gasteiger partial charge on any atom is -0.508 e.